The molecule has 36 heavy (non-hydrogen) atoms. The van der Waals surface area contributed by atoms with Crippen molar-refractivity contribution in [1.29, 1.82) is 0 Å². The van der Waals surface area contributed by atoms with Gasteiger partial charge in [-0.2, -0.15) is 26.3 Å². The fourth-order valence-corrected chi connectivity index (χ4v) is 5.26. The van der Waals surface area contributed by atoms with Crippen molar-refractivity contribution < 1.29 is 35.9 Å². The van der Waals surface area contributed by atoms with Crippen LogP contribution in [0.25, 0.3) is 6.08 Å². The predicted octanol–water partition coefficient (Wildman–Crippen LogP) is 7.27. The number of nitrogens with one attached hydrogen (secondary N) is 2. The second-order valence-electron chi connectivity index (χ2n) is 8.15. The fourth-order valence-electron chi connectivity index (χ4n) is 3.36. The molecule has 3 rings (SSSR count). The summed E-state index contributed by atoms with van der Waals surface area (Å²) in [7, 11) is 0. The van der Waals surface area contributed by atoms with Crippen molar-refractivity contribution in [3.8, 4) is 0 Å². The molecule has 0 spiro atoms. The van der Waals surface area contributed by atoms with Crippen molar-refractivity contribution in [2.45, 2.75) is 36.7 Å². The summed E-state index contributed by atoms with van der Waals surface area (Å²) in [4.78, 5) is 24.8. The highest BCUT2D eigenvalue weighted by Crippen LogP contribution is 2.39. The summed E-state index contributed by atoms with van der Waals surface area (Å²) in [5.41, 5.74) is -0.955. The quantitative estimate of drug-likeness (QED) is 0.298. The van der Waals surface area contributed by atoms with E-state index in [2.05, 4.69) is 53.1 Å². The molecule has 0 saturated heterocycles. The highest BCUT2D eigenvalue weighted by Gasteiger charge is 2.52. The minimum atomic E-state index is -4.58. The maximum atomic E-state index is 13.7. The molecule has 0 heterocycles. The first-order chi connectivity index (χ1) is 16.6. The fraction of sp³-hybridized carbons (Fsp3) is 0.304. The van der Waals surface area contributed by atoms with E-state index in [1.807, 2.05) is 0 Å². The van der Waals surface area contributed by atoms with Crippen LogP contribution in [0.2, 0.25) is 0 Å². The van der Waals surface area contributed by atoms with E-state index in [1.54, 1.807) is 11.4 Å². The van der Waals surface area contributed by atoms with Gasteiger partial charge >= 0.3 is 12.4 Å². The third-order valence-corrected chi connectivity index (χ3v) is 6.87. The van der Waals surface area contributed by atoms with E-state index < -0.39 is 42.2 Å². The van der Waals surface area contributed by atoms with Crippen molar-refractivity contribution in [1.82, 2.24) is 10.6 Å². The highest BCUT2D eigenvalue weighted by atomic mass is 79.9. The Labute approximate surface area is 227 Å². The average Bonchev–Trinajstić information content (AvgIpc) is 3.50. The Hall–Kier alpha value is -1.86. The van der Waals surface area contributed by atoms with Gasteiger partial charge in [0.2, 0.25) is 5.91 Å². The molecule has 0 aromatic heterocycles. The Morgan fingerprint density at radius 1 is 0.972 bits per heavy atom. The van der Waals surface area contributed by atoms with E-state index in [0.29, 0.717) is 14.5 Å². The molecule has 1 saturated carbocycles. The average molecular weight is 707 g/mol. The lowest BCUT2D eigenvalue weighted by Gasteiger charge is -2.19. The number of hydrogen-bond acceptors (Lipinski definition) is 2. The zero-order valence-electron chi connectivity index (χ0n) is 18.0. The lowest BCUT2D eigenvalue weighted by Crippen LogP contribution is -2.50. The van der Waals surface area contributed by atoms with Gasteiger partial charge < -0.3 is 10.6 Å². The molecule has 0 bridgehead atoms. The van der Waals surface area contributed by atoms with Crippen molar-refractivity contribution in [3.05, 3.63) is 72.6 Å². The second kappa shape index (κ2) is 10.9. The van der Waals surface area contributed by atoms with Gasteiger partial charge in [0.15, 0.2) is 0 Å². The number of halogens is 9. The topological polar surface area (TPSA) is 58.2 Å². The van der Waals surface area contributed by atoms with Crippen LogP contribution in [0.4, 0.5) is 26.3 Å². The molecule has 2 N–H and O–H groups in total. The summed E-state index contributed by atoms with van der Waals surface area (Å²) >= 11 is 9.57. The minimum absolute atomic E-state index is 0.0218. The molecule has 0 aliphatic heterocycles. The lowest BCUT2D eigenvalue weighted by molar-refractivity contribution is -0.140. The van der Waals surface area contributed by atoms with Crippen molar-refractivity contribution >= 4 is 65.7 Å². The van der Waals surface area contributed by atoms with Gasteiger partial charge in [-0.15, -0.1) is 0 Å². The van der Waals surface area contributed by atoms with Crippen molar-refractivity contribution in [2.75, 3.05) is 6.54 Å². The van der Waals surface area contributed by atoms with Crippen LogP contribution in [0.15, 0.2) is 55.9 Å². The molecule has 2 aromatic carbocycles. The Kier molecular flexibility index (Phi) is 8.66. The predicted molar refractivity (Wildman–Crippen MR) is 132 cm³/mol. The molecule has 0 radical (unpaired) electrons. The van der Waals surface area contributed by atoms with Crippen LogP contribution in [0.5, 0.6) is 0 Å². The molecule has 1 aliphatic carbocycles. The van der Waals surface area contributed by atoms with Gasteiger partial charge in [0.25, 0.3) is 5.91 Å². The van der Waals surface area contributed by atoms with E-state index in [1.165, 1.54) is 36.4 Å². The van der Waals surface area contributed by atoms with Gasteiger partial charge in [0.1, 0.15) is 12.1 Å². The largest absolute Gasteiger partial charge is 0.405 e. The van der Waals surface area contributed by atoms with E-state index in [9.17, 15) is 35.9 Å². The zero-order valence-corrected chi connectivity index (χ0v) is 22.8. The standard InChI is InChI=1S/C23H17Br3F6N2O2/c24-14-8-13(9-15(25)10-14)17(23(30,31)32)4-2-12-1-3-16(18(26)7-12)19(35)34-21(5-6-21)20(36)33-11-22(27,28)29/h1-4,7-10,17H,5-6,11H2,(H,33,36)(H,34,35)/b4-2+. The Bertz CT molecular complexity index is 1170. The Balaban J connectivity index is 1.75. The monoisotopic (exact) mass is 704 g/mol. The molecule has 4 nitrogen and oxygen atoms in total. The molecule has 13 heteroatoms. The number of alkyl halides is 6. The SMILES string of the molecule is O=C(NC1(C(=O)NCC(F)(F)F)CC1)c1ccc(/C=C/C(c2cc(Br)cc(Br)c2)C(F)(F)F)cc1Br. The first-order valence-electron chi connectivity index (χ1n) is 10.3. The lowest BCUT2D eigenvalue weighted by atomic mass is 9.97. The number of amides is 2. The summed E-state index contributed by atoms with van der Waals surface area (Å²) in [6.45, 7) is -1.51. The van der Waals surface area contributed by atoms with Crippen molar-refractivity contribution in [2.24, 2.45) is 0 Å². The minimum Gasteiger partial charge on any atom is -0.345 e. The van der Waals surface area contributed by atoms with E-state index in [0.717, 1.165) is 6.08 Å². The first-order valence-corrected chi connectivity index (χ1v) is 12.7. The first kappa shape index (κ1) is 28.7. The summed E-state index contributed by atoms with van der Waals surface area (Å²) in [5.74, 6) is -3.52. The van der Waals surface area contributed by atoms with Crippen LogP contribution in [-0.2, 0) is 4.79 Å². The van der Waals surface area contributed by atoms with Crippen LogP contribution < -0.4 is 10.6 Å². The molecule has 2 aromatic rings. The molecule has 1 aliphatic rings. The summed E-state index contributed by atoms with van der Waals surface area (Å²) < 4.78 is 79.5. The summed E-state index contributed by atoms with van der Waals surface area (Å²) in [5, 5.41) is 4.23. The Morgan fingerprint density at radius 3 is 2.08 bits per heavy atom. The van der Waals surface area contributed by atoms with Crippen LogP contribution >= 0.6 is 47.8 Å². The molecular weight excluding hydrogens is 690 g/mol. The normalized spacial score (nSPS) is 16.0. The summed E-state index contributed by atoms with van der Waals surface area (Å²) in [6.07, 6.45) is -6.50. The van der Waals surface area contributed by atoms with Gasteiger partial charge in [-0.05, 0) is 70.2 Å². The number of rotatable bonds is 7. The third-order valence-electron chi connectivity index (χ3n) is 5.30. The molecule has 1 fully saturated rings. The number of carbonyl (C=O) groups excluding carboxylic acids is 2. The smallest absolute Gasteiger partial charge is 0.345 e. The molecule has 2 amide bonds. The maximum absolute atomic E-state index is 13.7. The van der Waals surface area contributed by atoms with Crippen LogP contribution in [0.3, 0.4) is 0 Å². The number of hydrogen-bond donors (Lipinski definition) is 2. The van der Waals surface area contributed by atoms with E-state index in [4.69, 9.17) is 0 Å². The summed E-state index contributed by atoms with van der Waals surface area (Å²) in [6, 6.07) is 8.56. The van der Waals surface area contributed by atoms with E-state index >= 15 is 0 Å². The van der Waals surface area contributed by atoms with Crippen LogP contribution in [0, 0.1) is 0 Å². The number of allylic oxidation sites excluding steroid dienone is 1. The van der Waals surface area contributed by atoms with Gasteiger partial charge in [-0.1, -0.05) is 50.1 Å². The Morgan fingerprint density at radius 2 is 1.58 bits per heavy atom. The van der Waals surface area contributed by atoms with E-state index in [-0.39, 0.29) is 28.4 Å². The third kappa shape index (κ3) is 7.58. The maximum Gasteiger partial charge on any atom is 0.405 e. The highest BCUT2D eigenvalue weighted by molar-refractivity contribution is 9.11. The second-order valence-corrected chi connectivity index (χ2v) is 10.8. The van der Waals surface area contributed by atoms with Gasteiger partial charge in [0.05, 0.1) is 11.5 Å². The van der Waals surface area contributed by atoms with Crippen molar-refractivity contribution in [3.63, 3.8) is 0 Å². The molecule has 1 unspecified atom stereocenters. The van der Waals surface area contributed by atoms with Crippen LogP contribution in [-0.4, -0.2) is 36.3 Å². The number of carbonyl (C=O) groups is 2. The molecular formula is C23H17Br3F6N2O2. The zero-order chi connectivity index (χ0) is 26.9. The molecule has 194 valence electrons. The molecule has 1 atom stereocenters. The van der Waals surface area contributed by atoms with Gasteiger partial charge in [0, 0.05) is 13.4 Å². The van der Waals surface area contributed by atoms with Gasteiger partial charge in [-0.25, -0.2) is 0 Å². The van der Waals surface area contributed by atoms with Crippen LogP contribution in [0.1, 0.15) is 40.2 Å². The van der Waals surface area contributed by atoms with Gasteiger partial charge in [-0.3, -0.25) is 9.59 Å². The number of benzene rings is 2.